The minimum Gasteiger partial charge on any atom is -0.493 e. The number of nitrogens with zero attached hydrogens (tertiary/aromatic N) is 6. The maximum Gasteiger partial charge on any atom is 0.236 e. The number of fused-ring (bicyclic) bond motifs is 1. The van der Waals surface area contributed by atoms with Crippen LogP contribution >= 0.6 is 11.6 Å². The predicted molar refractivity (Wildman–Crippen MR) is 184 cm³/mol. The lowest BCUT2D eigenvalue weighted by Crippen LogP contribution is -2.53. The van der Waals surface area contributed by atoms with Gasteiger partial charge in [-0.15, -0.1) is 0 Å². The zero-order valence-electron chi connectivity index (χ0n) is 28.0. The molecule has 3 aromatic rings. The number of carbonyl (C=O) groups is 2. The molecule has 2 fully saturated rings. The Balaban J connectivity index is 1.19. The fraction of sp³-hybridized carbons (Fsp3) is 0.500. The molecule has 1 aromatic heterocycles. The Labute approximate surface area is 282 Å². The van der Waals surface area contributed by atoms with E-state index in [0.717, 1.165) is 67.7 Å². The van der Waals surface area contributed by atoms with Gasteiger partial charge in [0.1, 0.15) is 0 Å². The molecule has 250 valence electrons. The van der Waals surface area contributed by atoms with Crippen LogP contribution in [0.1, 0.15) is 62.3 Å². The SMILES string of the molecule is COc1cc2c(cc1OC(C)C)C(c1ccc(Cl)cc1)N(c1ncc(N(C)CC3CCC(N4CCN(C)C(=O)C4)CC3)cn1)C(=O)C2. The van der Waals surface area contributed by atoms with E-state index in [0.29, 0.717) is 41.0 Å². The fourth-order valence-corrected chi connectivity index (χ4v) is 7.30. The molecule has 1 saturated carbocycles. The number of aromatic nitrogens is 2. The molecule has 1 aliphatic carbocycles. The molecule has 47 heavy (non-hydrogen) atoms. The molecule has 10 nitrogen and oxygen atoms in total. The minimum absolute atomic E-state index is 0.0530. The lowest BCUT2D eigenvalue weighted by Gasteiger charge is -2.41. The Morgan fingerprint density at radius 2 is 1.68 bits per heavy atom. The summed E-state index contributed by atoms with van der Waals surface area (Å²) in [5.74, 6) is 2.26. The van der Waals surface area contributed by atoms with Gasteiger partial charge in [-0.3, -0.25) is 19.4 Å². The van der Waals surface area contributed by atoms with Crippen molar-refractivity contribution in [3.63, 3.8) is 0 Å². The number of hydrogen-bond donors (Lipinski definition) is 0. The molecular weight excluding hydrogens is 616 g/mol. The van der Waals surface area contributed by atoms with Crippen LogP contribution in [0.2, 0.25) is 5.02 Å². The predicted octanol–water partition coefficient (Wildman–Crippen LogP) is 5.37. The monoisotopic (exact) mass is 660 g/mol. The Morgan fingerprint density at radius 3 is 2.32 bits per heavy atom. The molecule has 0 bridgehead atoms. The number of carbonyl (C=O) groups excluding carboxylic acids is 2. The average molecular weight is 661 g/mol. The number of hydrogen-bond acceptors (Lipinski definition) is 8. The summed E-state index contributed by atoms with van der Waals surface area (Å²) in [6.45, 7) is 7.17. The van der Waals surface area contributed by atoms with Crippen LogP contribution in [0.5, 0.6) is 11.5 Å². The first-order valence-electron chi connectivity index (χ1n) is 16.6. The number of halogens is 1. The van der Waals surface area contributed by atoms with Gasteiger partial charge < -0.3 is 19.3 Å². The van der Waals surface area contributed by atoms with Crippen LogP contribution in [0.3, 0.4) is 0 Å². The van der Waals surface area contributed by atoms with Gasteiger partial charge in [-0.2, -0.15) is 0 Å². The van der Waals surface area contributed by atoms with E-state index in [9.17, 15) is 9.59 Å². The highest BCUT2D eigenvalue weighted by Crippen LogP contribution is 2.43. The summed E-state index contributed by atoms with van der Waals surface area (Å²) < 4.78 is 11.8. The number of likely N-dealkylation sites (N-methyl/N-ethyl adjacent to an activating group) is 1. The van der Waals surface area contributed by atoms with E-state index in [2.05, 4.69) is 16.8 Å². The maximum absolute atomic E-state index is 13.8. The van der Waals surface area contributed by atoms with Crippen molar-refractivity contribution in [2.24, 2.45) is 5.92 Å². The summed E-state index contributed by atoms with van der Waals surface area (Å²) in [4.78, 5) is 43.7. The van der Waals surface area contributed by atoms with Crippen molar-refractivity contribution >= 4 is 35.1 Å². The van der Waals surface area contributed by atoms with Crippen molar-refractivity contribution in [1.82, 2.24) is 19.8 Å². The zero-order valence-corrected chi connectivity index (χ0v) is 28.7. The Hall–Kier alpha value is -3.89. The first-order chi connectivity index (χ1) is 22.6. The van der Waals surface area contributed by atoms with Crippen molar-refractivity contribution in [2.75, 3.05) is 57.2 Å². The van der Waals surface area contributed by atoms with Crippen LogP contribution in [0.25, 0.3) is 0 Å². The number of amides is 2. The minimum atomic E-state index is -0.474. The first-order valence-corrected chi connectivity index (χ1v) is 16.9. The Morgan fingerprint density at radius 1 is 0.979 bits per heavy atom. The smallest absolute Gasteiger partial charge is 0.236 e. The van der Waals surface area contributed by atoms with Crippen molar-refractivity contribution in [3.8, 4) is 11.5 Å². The highest BCUT2D eigenvalue weighted by molar-refractivity contribution is 6.30. The number of anilines is 2. The van der Waals surface area contributed by atoms with Crippen LogP contribution in [0.15, 0.2) is 48.8 Å². The van der Waals surface area contributed by atoms with Gasteiger partial charge in [0.25, 0.3) is 0 Å². The van der Waals surface area contributed by atoms with E-state index in [4.69, 9.17) is 31.0 Å². The molecule has 6 rings (SSSR count). The molecule has 1 unspecified atom stereocenters. The molecule has 1 atom stereocenters. The fourth-order valence-electron chi connectivity index (χ4n) is 7.17. The molecular formula is C36H45ClN6O4. The van der Waals surface area contributed by atoms with Crippen LogP contribution in [0, 0.1) is 5.92 Å². The van der Waals surface area contributed by atoms with E-state index in [1.165, 1.54) is 0 Å². The number of rotatable bonds is 9. The number of methoxy groups -OCH3 is 1. The highest BCUT2D eigenvalue weighted by atomic mass is 35.5. The third-order valence-corrected chi connectivity index (χ3v) is 10.0. The van der Waals surface area contributed by atoms with Gasteiger partial charge in [-0.25, -0.2) is 9.97 Å². The van der Waals surface area contributed by atoms with Crippen LogP contribution in [-0.2, 0) is 16.0 Å². The maximum atomic E-state index is 13.8. The molecule has 0 radical (unpaired) electrons. The van der Waals surface area contributed by atoms with E-state index in [-0.39, 0.29) is 24.3 Å². The molecule has 0 N–H and O–H groups in total. The van der Waals surface area contributed by atoms with Crippen molar-refractivity contribution in [1.29, 1.82) is 0 Å². The molecule has 2 aliphatic heterocycles. The van der Waals surface area contributed by atoms with Crippen LogP contribution in [-0.4, -0.2) is 91.1 Å². The van der Waals surface area contributed by atoms with Gasteiger partial charge in [-0.1, -0.05) is 23.7 Å². The van der Waals surface area contributed by atoms with Gasteiger partial charge in [0.15, 0.2) is 11.5 Å². The van der Waals surface area contributed by atoms with Crippen molar-refractivity contribution in [2.45, 2.75) is 64.1 Å². The van der Waals surface area contributed by atoms with Gasteiger partial charge in [0.05, 0.1) is 50.3 Å². The van der Waals surface area contributed by atoms with Gasteiger partial charge in [0.2, 0.25) is 17.8 Å². The second kappa shape index (κ2) is 14.1. The summed E-state index contributed by atoms with van der Waals surface area (Å²) in [6, 6.07) is 11.4. The Kier molecular flexibility index (Phi) is 9.89. The van der Waals surface area contributed by atoms with E-state index in [1.807, 2.05) is 74.6 Å². The molecule has 2 amide bonds. The second-order valence-electron chi connectivity index (χ2n) is 13.3. The normalized spacial score (nSPS) is 22.0. The average Bonchev–Trinajstić information content (AvgIpc) is 3.06. The van der Waals surface area contributed by atoms with Crippen molar-refractivity contribution < 1.29 is 19.1 Å². The third kappa shape index (κ3) is 7.18. The number of piperazine rings is 1. The van der Waals surface area contributed by atoms with Crippen LogP contribution < -0.4 is 19.3 Å². The van der Waals surface area contributed by atoms with Gasteiger partial charge >= 0.3 is 0 Å². The summed E-state index contributed by atoms with van der Waals surface area (Å²) in [5, 5.41) is 0.618. The molecule has 2 aromatic carbocycles. The van der Waals surface area contributed by atoms with E-state index < -0.39 is 6.04 Å². The van der Waals surface area contributed by atoms with Gasteiger partial charge in [0, 0.05) is 44.8 Å². The highest BCUT2D eigenvalue weighted by Gasteiger charge is 2.38. The first kappa shape index (κ1) is 33.0. The quantitative estimate of drug-likeness (QED) is 0.303. The molecule has 0 spiro atoms. The summed E-state index contributed by atoms with van der Waals surface area (Å²) in [6.07, 6.45) is 8.26. The molecule has 3 aliphatic rings. The number of ether oxygens (including phenoxy) is 2. The van der Waals surface area contributed by atoms with E-state index in [1.54, 1.807) is 12.0 Å². The summed E-state index contributed by atoms with van der Waals surface area (Å²) in [5.41, 5.74) is 3.62. The van der Waals surface area contributed by atoms with E-state index >= 15 is 0 Å². The second-order valence-corrected chi connectivity index (χ2v) is 13.8. The zero-order chi connectivity index (χ0) is 33.2. The largest absolute Gasteiger partial charge is 0.493 e. The topological polar surface area (TPSA) is 91.3 Å². The van der Waals surface area contributed by atoms with Crippen LogP contribution in [0.4, 0.5) is 11.6 Å². The number of benzene rings is 2. The van der Waals surface area contributed by atoms with Crippen molar-refractivity contribution in [3.05, 3.63) is 70.5 Å². The standard InChI is InChI=1S/C36H45ClN6O4/c1-23(2)47-32-18-30-26(16-31(32)46-5)17-33(44)43(35(30)25-8-10-27(37)11-9-25)36-38-19-29(20-39-36)41(4)21-24-6-12-28(13-7-24)42-15-14-40(3)34(45)22-42/h8-11,16,18-20,23-24,28,35H,6-7,12-15,17,21-22H2,1-5H3. The molecule has 3 heterocycles. The lowest BCUT2D eigenvalue weighted by molar-refractivity contribution is -0.135. The Bertz CT molecular complexity index is 1580. The lowest BCUT2D eigenvalue weighted by atomic mass is 9.84. The molecule has 11 heteroatoms. The third-order valence-electron chi connectivity index (χ3n) is 9.77. The molecule has 1 saturated heterocycles. The van der Waals surface area contributed by atoms with Gasteiger partial charge in [-0.05, 0) is 86.4 Å². The summed E-state index contributed by atoms with van der Waals surface area (Å²) in [7, 11) is 5.57. The summed E-state index contributed by atoms with van der Waals surface area (Å²) >= 11 is 6.26.